The third-order valence-electron chi connectivity index (χ3n) is 3.39. The summed E-state index contributed by atoms with van der Waals surface area (Å²) in [7, 11) is 0. The van der Waals surface area contributed by atoms with E-state index in [9.17, 15) is 4.39 Å². The molecule has 0 fully saturated rings. The Kier molecular flexibility index (Phi) is 3.87. The molecule has 0 saturated heterocycles. The highest BCUT2D eigenvalue weighted by atomic mass is 79.9. The molecule has 108 valence electrons. The first-order valence-corrected chi connectivity index (χ1v) is 7.53. The molecular weight excluding hydrogens is 357 g/mol. The van der Waals surface area contributed by atoms with Crippen LogP contribution in [0.1, 0.15) is 11.6 Å². The predicted molar refractivity (Wildman–Crippen MR) is 87.3 cm³/mol. The topological polar surface area (TPSA) is 41.6 Å². The number of halogens is 3. The lowest BCUT2D eigenvalue weighted by atomic mass is 10.0. The molecule has 3 rings (SSSR count). The summed E-state index contributed by atoms with van der Waals surface area (Å²) in [5.74, 6) is 0.0850. The molecule has 1 aliphatic rings. The molecule has 0 spiro atoms. The average Bonchev–Trinajstić information content (AvgIpc) is 2.83. The van der Waals surface area contributed by atoms with Gasteiger partial charge in [0.1, 0.15) is 5.82 Å². The molecule has 0 saturated carbocycles. The molecule has 0 aliphatic carbocycles. The van der Waals surface area contributed by atoms with Crippen LogP contribution in [0.15, 0.2) is 51.9 Å². The number of aliphatic imine (C=N–C) groups is 1. The molecule has 1 unspecified atom stereocenters. The predicted octanol–water partition coefficient (Wildman–Crippen LogP) is 4.12. The quantitative estimate of drug-likeness (QED) is 0.866. The van der Waals surface area contributed by atoms with E-state index in [2.05, 4.69) is 20.9 Å². The summed E-state index contributed by atoms with van der Waals surface area (Å²) >= 11 is 9.40. The van der Waals surface area contributed by atoms with Gasteiger partial charge in [0.15, 0.2) is 5.96 Å². The summed E-state index contributed by atoms with van der Waals surface area (Å²) in [5, 5.41) is 0.598. The van der Waals surface area contributed by atoms with Crippen LogP contribution in [0, 0.1) is 5.82 Å². The molecule has 1 heterocycles. The minimum Gasteiger partial charge on any atom is -0.369 e. The van der Waals surface area contributed by atoms with Gasteiger partial charge in [-0.3, -0.25) is 4.99 Å². The number of benzene rings is 2. The molecule has 1 aliphatic heterocycles. The van der Waals surface area contributed by atoms with Crippen LogP contribution in [0.25, 0.3) is 0 Å². The fourth-order valence-corrected chi connectivity index (χ4v) is 3.01. The number of nitrogens with two attached hydrogens (primary N) is 1. The molecule has 0 aromatic heterocycles. The zero-order valence-electron chi connectivity index (χ0n) is 10.9. The smallest absolute Gasteiger partial charge is 0.196 e. The molecular formula is C15H12BrClFN3. The van der Waals surface area contributed by atoms with Crippen molar-refractivity contribution in [2.24, 2.45) is 10.7 Å². The van der Waals surface area contributed by atoms with Gasteiger partial charge in [-0.15, -0.1) is 0 Å². The van der Waals surface area contributed by atoms with Gasteiger partial charge in [-0.25, -0.2) is 4.39 Å². The van der Waals surface area contributed by atoms with Gasteiger partial charge in [-0.2, -0.15) is 0 Å². The summed E-state index contributed by atoms with van der Waals surface area (Å²) in [6.07, 6.45) is 0. The number of hydrogen-bond acceptors (Lipinski definition) is 3. The maximum atomic E-state index is 14.2. The molecule has 1 atom stereocenters. The third kappa shape index (κ3) is 2.76. The van der Waals surface area contributed by atoms with E-state index in [4.69, 9.17) is 17.3 Å². The summed E-state index contributed by atoms with van der Waals surface area (Å²) in [5.41, 5.74) is 7.32. The van der Waals surface area contributed by atoms with E-state index in [1.165, 1.54) is 6.07 Å². The van der Waals surface area contributed by atoms with Crippen LogP contribution in [0.2, 0.25) is 5.02 Å². The summed E-state index contributed by atoms with van der Waals surface area (Å²) in [4.78, 5) is 6.05. The number of nitrogens with zero attached hydrogens (tertiary/aromatic N) is 2. The standard InChI is InChI=1S/C15H12BrClFN3/c16-9-4-5-13(18)12(6-9)14-8-20-15(19)21(14)11-3-1-2-10(17)7-11/h1-7,14H,8H2,(H2,19,20). The average molecular weight is 369 g/mol. The SMILES string of the molecule is NC1=NCC(c2cc(Br)ccc2F)N1c1cccc(Cl)c1. The Balaban J connectivity index is 2.05. The van der Waals surface area contributed by atoms with E-state index in [1.54, 1.807) is 29.2 Å². The van der Waals surface area contributed by atoms with Crippen molar-refractivity contribution in [1.82, 2.24) is 0 Å². The summed E-state index contributed by atoms with van der Waals surface area (Å²) in [6, 6.07) is 11.9. The maximum Gasteiger partial charge on any atom is 0.196 e. The van der Waals surface area contributed by atoms with Crippen molar-refractivity contribution in [1.29, 1.82) is 0 Å². The van der Waals surface area contributed by atoms with Gasteiger partial charge in [-0.1, -0.05) is 33.6 Å². The molecule has 0 amide bonds. The fourth-order valence-electron chi connectivity index (χ4n) is 2.44. The van der Waals surface area contributed by atoms with Crippen molar-refractivity contribution < 1.29 is 4.39 Å². The second-order valence-electron chi connectivity index (χ2n) is 4.73. The molecule has 0 bridgehead atoms. The van der Waals surface area contributed by atoms with Crippen molar-refractivity contribution >= 4 is 39.2 Å². The highest BCUT2D eigenvalue weighted by molar-refractivity contribution is 9.10. The molecule has 3 nitrogen and oxygen atoms in total. The van der Waals surface area contributed by atoms with E-state index in [-0.39, 0.29) is 11.9 Å². The van der Waals surface area contributed by atoms with Crippen LogP contribution < -0.4 is 10.6 Å². The maximum absolute atomic E-state index is 14.2. The number of hydrogen-bond donors (Lipinski definition) is 1. The molecule has 2 aromatic carbocycles. The van der Waals surface area contributed by atoms with Crippen molar-refractivity contribution in [3.8, 4) is 0 Å². The van der Waals surface area contributed by atoms with Gasteiger partial charge in [0.25, 0.3) is 0 Å². The summed E-state index contributed by atoms with van der Waals surface area (Å²) in [6.45, 7) is 0.408. The Labute approximate surface area is 135 Å². The van der Waals surface area contributed by atoms with Crippen LogP contribution in [-0.4, -0.2) is 12.5 Å². The van der Waals surface area contributed by atoms with Gasteiger partial charge < -0.3 is 10.6 Å². The van der Waals surface area contributed by atoms with Gasteiger partial charge >= 0.3 is 0 Å². The van der Waals surface area contributed by atoms with Crippen molar-refractivity contribution in [3.05, 3.63) is 63.3 Å². The molecule has 21 heavy (non-hydrogen) atoms. The van der Waals surface area contributed by atoms with Gasteiger partial charge in [0, 0.05) is 20.7 Å². The normalized spacial score (nSPS) is 18.0. The lowest BCUT2D eigenvalue weighted by molar-refractivity contribution is 0.589. The van der Waals surface area contributed by atoms with Crippen LogP contribution in [0.4, 0.5) is 10.1 Å². The van der Waals surface area contributed by atoms with Gasteiger partial charge in [0.2, 0.25) is 0 Å². The first-order chi connectivity index (χ1) is 10.1. The second-order valence-corrected chi connectivity index (χ2v) is 6.08. The van der Waals surface area contributed by atoms with E-state index in [0.717, 1.165) is 10.2 Å². The first kappa shape index (κ1) is 14.4. The number of anilines is 1. The lowest BCUT2D eigenvalue weighted by Crippen LogP contribution is -2.36. The highest BCUT2D eigenvalue weighted by Gasteiger charge is 2.31. The van der Waals surface area contributed by atoms with Crippen molar-refractivity contribution in [2.75, 3.05) is 11.4 Å². The summed E-state index contributed by atoms with van der Waals surface area (Å²) < 4.78 is 15.0. The molecule has 2 N–H and O–H groups in total. The fraction of sp³-hybridized carbons (Fsp3) is 0.133. The zero-order chi connectivity index (χ0) is 15.0. The van der Waals surface area contributed by atoms with E-state index in [1.807, 2.05) is 12.1 Å². The van der Waals surface area contributed by atoms with Crippen molar-refractivity contribution in [3.63, 3.8) is 0 Å². The Morgan fingerprint density at radius 2 is 2.10 bits per heavy atom. The minimum atomic E-state index is -0.278. The van der Waals surface area contributed by atoms with Crippen molar-refractivity contribution in [2.45, 2.75) is 6.04 Å². The zero-order valence-corrected chi connectivity index (χ0v) is 13.3. The molecule has 0 radical (unpaired) electrons. The Morgan fingerprint density at radius 1 is 1.29 bits per heavy atom. The highest BCUT2D eigenvalue weighted by Crippen LogP contribution is 2.34. The Hall–Kier alpha value is -1.59. The monoisotopic (exact) mass is 367 g/mol. The number of guanidine groups is 1. The Bertz CT molecular complexity index is 720. The van der Waals surface area contributed by atoms with Gasteiger partial charge in [-0.05, 0) is 36.4 Å². The first-order valence-electron chi connectivity index (χ1n) is 6.36. The minimum absolute atomic E-state index is 0.277. The number of rotatable bonds is 2. The van der Waals surface area contributed by atoms with E-state index >= 15 is 0 Å². The Morgan fingerprint density at radius 3 is 2.86 bits per heavy atom. The van der Waals surface area contributed by atoms with E-state index < -0.39 is 0 Å². The third-order valence-corrected chi connectivity index (χ3v) is 4.12. The van der Waals surface area contributed by atoms with Crippen LogP contribution >= 0.6 is 27.5 Å². The largest absolute Gasteiger partial charge is 0.369 e. The molecule has 6 heteroatoms. The van der Waals surface area contributed by atoms with Crippen LogP contribution in [-0.2, 0) is 0 Å². The second kappa shape index (κ2) is 5.66. The van der Waals surface area contributed by atoms with Crippen LogP contribution in [0.3, 0.4) is 0 Å². The lowest BCUT2D eigenvalue weighted by Gasteiger charge is -2.27. The van der Waals surface area contributed by atoms with Crippen LogP contribution in [0.5, 0.6) is 0 Å². The van der Waals surface area contributed by atoms with Gasteiger partial charge in [0.05, 0.1) is 12.6 Å². The van der Waals surface area contributed by atoms with E-state index in [0.29, 0.717) is 23.1 Å². The molecule has 2 aromatic rings.